The number of rotatable bonds is 5. The maximum atomic E-state index is 11.4. The summed E-state index contributed by atoms with van der Waals surface area (Å²) in [6.07, 6.45) is 2.92. The Morgan fingerprint density at radius 3 is 2.68 bits per heavy atom. The zero-order valence-corrected chi connectivity index (χ0v) is 11.6. The molecule has 1 unspecified atom stereocenters. The molecule has 1 aromatic rings. The molecule has 4 heteroatoms. The van der Waals surface area contributed by atoms with Gasteiger partial charge in [-0.1, -0.05) is 0 Å². The zero-order valence-electron chi connectivity index (χ0n) is 11.6. The van der Waals surface area contributed by atoms with Crippen LogP contribution in [0.5, 0.6) is 5.75 Å². The molecule has 0 bridgehead atoms. The van der Waals surface area contributed by atoms with Crippen LogP contribution < -0.4 is 9.64 Å². The molecule has 1 fully saturated rings. The van der Waals surface area contributed by atoms with Crippen LogP contribution in [0.1, 0.15) is 12.8 Å². The molecular formula is C15H21NO3. The lowest BCUT2D eigenvalue weighted by Crippen LogP contribution is -2.43. The van der Waals surface area contributed by atoms with Gasteiger partial charge in [0.05, 0.1) is 19.1 Å². The van der Waals surface area contributed by atoms with E-state index in [0.29, 0.717) is 13.2 Å². The van der Waals surface area contributed by atoms with Crippen LogP contribution in [-0.2, 0) is 9.53 Å². The van der Waals surface area contributed by atoms with Gasteiger partial charge in [-0.3, -0.25) is 0 Å². The molecule has 0 N–H and O–H groups in total. The first-order valence-electron chi connectivity index (χ1n) is 6.58. The molecule has 0 radical (unpaired) electrons. The second-order valence-electron chi connectivity index (χ2n) is 5.19. The second-order valence-corrected chi connectivity index (χ2v) is 5.19. The first-order chi connectivity index (χ1) is 9.19. The average Bonchev–Trinajstić information content (AvgIpc) is 2.48. The molecule has 19 heavy (non-hydrogen) atoms. The summed E-state index contributed by atoms with van der Waals surface area (Å²) in [5.74, 6) is 0.836. The first kappa shape index (κ1) is 13.9. The molecule has 1 heterocycles. The van der Waals surface area contributed by atoms with Crippen LogP contribution in [0.15, 0.2) is 24.3 Å². The Balaban J connectivity index is 2.05. The number of anilines is 1. The molecule has 0 aromatic heterocycles. The fraction of sp³-hybridized carbons (Fsp3) is 0.533. The molecular weight excluding hydrogens is 242 g/mol. The van der Waals surface area contributed by atoms with Gasteiger partial charge >= 0.3 is 0 Å². The molecule has 2 rings (SSSR count). The summed E-state index contributed by atoms with van der Waals surface area (Å²) in [5.41, 5.74) is 0.708. The molecule has 0 saturated carbocycles. The van der Waals surface area contributed by atoms with Crippen molar-refractivity contribution in [3.8, 4) is 5.75 Å². The fourth-order valence-electron chi connectivity index (χ4n) is 2.53. The second kappa shape index (κ2) is 6.06. The lowest BCUT2D eigenvalue weighted by molar-refractivity contribution is -0.122. The molecule has 1 aliphatic rings. The van der Waals surface area contributed by atoms with Gasteiger partial charge in [0.2, 0.25) is 0 Å². The highest BCUT2D eigenvalue weighted by atomic mass is 16.5. The fourth-order valence-corrected chi connectivity index (χ4v) is 2.53. The highest BCUT2D eigenvalue weighted by Gasteiger charge is 2.34. The van der Waals surface area contributed by atoms with E-state index in [2.05, 4.69) is 4.90 Å². The van der Waals surface area contributed by atoms with E-state index in [9.17, 15) is 4.79 Å². The number of hydrogen-bond acceptors (Lipinski definition) is 4. The maximum absolute atomic E-state index is 11.4. The summed E-state index contributed by atoms with van der Waals surface area (Å²) in [4.78, 5) is 13.5. The smallest absolute Gasteiger partial charge is 0.130 e. The van der Waals surface area contributed by atoms with Gasteiger partial charge < -0.3 is 19.2 Å². The van der Waals surface area contributed by atoms with Crippen LogP contribution in [0, 0.1) is 5.41 Å². The molecule has 1 aliphatic heterocycles. The molecule has 0 amide bonds. The lowest BCUT2D eigenvalue weighted by Gasteiger charge is -2.36. The van der Waals surface area contributed by atoms with Crippen LogP contribution in [0.2, 0.25) is 0 Å². The minimum absolute atomic E-state index is 0.368. The average molecular weight is 263 g/mol. The number of carbonyl (C=O) groups excluding carboxylic acids is 1. The van der Waals surface area contributed by atoms with Gasteiger partial charge in [-0.2, -0.15) is 0 Å². The van der Waals surface area contributed by atoms with Crippen LogP contribution in [-0.4, -0.2) is 40.2 Å². The number of benzene rings is 1. The number of nitrogens with zero attached hydrogens (tertiary/aromatic N) is 1. The van der Waals surface area contributed by atoms with E-state index in [0.717, 1.165) is 37.2 Å². The summed E-state index contributed by atoms with van der Waals surface area (Å²) >= 11 is 0. The SMILES string of the molecule is COc1ccc(N(C)CC2(C=O)CCCOC2)cc1. The van der Waals surface area contributed by atoms with E-state index >= 15 is 0 Å². The minimum atomic E-state index is -0.368. The summed E-state index contributed by atoms with van der Waals surface area (Å²) < 4.78 is 10.6. The van der Waals surface area contributed by atoms with Gasteiger partial charge in [0.15, 0.2) is 0 Å². The number of ether oxygens (including phenoxy) is 2. The van der Waals surface area contributed by atoms with Gasteiger partial charge in [-0.25, -0.2) is 0 Å². The third kappa shape index (κ3) is 3.26. The zero-order chi connectivity index (χ0) is 13.7. The molecule has 0 aliphatic carbocycles. The van der Waals surface area contributed by atoms with Gasteiger partial charge in [0, 0.05) is 25.9 Å². The number of carbonyl (C=O) groups is 1. The highest BCUT2D eigenvalue weighted by Crippen LogP contribution is 2.29. The van der Waals surface area contributed by atoms with Crippen molar-refractivity contribution in [3.63, 3.8) is 0 Å². The largest absolute Gasteiger partial charge is 0.497 e. The van der Waals surface area contributed by atoms with Crippen molar-refractivity contribution in [2.24, 2.45) is 5.41 Å². The Hall–Kier alpha value is -1.55. The van der Waals surface area contributed by atoms with Crippen LogP contribution in [0.25, 0.3) is 0 Å². The number of methoxy groups -OCH3 is 1. The van der Waals surface area contributed by atoms with Crippen molar-refractivity contribution in [1.29, 1.82) is 0 Å². The van der Waals surface area contributed by atoms with Gasteiger partial charge in [-0.15, -0.1) is 0 Å². The van der Waals surface area contributed by atoms with Crippen molar-refractivity contribution in [2.75, 3.05) is 38.8 Å². The molecule has 104 valence electrons. The van der Waals surface area contributed by atoms with E-state index in [1.54, 1.807) is 7.11 Å². The van der Waals surface area contributed by atoms with Crippen LogP contribution in [0.3, 0.4) is 0 Å². The van der Waals surface area contributed by atoms with Crippen molar-refractivity contribution < 1.29 is 14.3 Å². The van der Waals surface area contributed by atoms with E-state index in [4.69, 9.17) is 9.47 Å². The van der Waals surface area contributed by atoms with Crippen molar-refractivity contribution >= 4 is 12.0 Å². The molecule has 1 saturated heterocycles. The predicted molar refractivity (Wildman–Crippen MR) is 74.8 cm³/mol. The van der Waals surface area contributed by atoms with Gasteiger partial charge in [-0.05, 0) is 37.1 Å². The van der Waals surface area contributed by atoms with Crippen LogP contribution >= 0.6 is 0 Å². The lowest BCUT2D eigenvalue weighted by atomic mass is 9.83. The quantitative estimate of drug-likeness (QED) is 0.763. The number of aldehydes is 1. The maximum Gasteiger partial charge on any atom is 0.130 e. The molecule has 0 spiro atoms. The minimum Gasteiger partial charge on any atom is -0.497 e. The monoisotopic (exact) mass is 263 g/mol. The van der Waals surface area contributed by atoms with Crippen molar-refractivity contribution in [1.82, 2.24) is 0 Å². The first-order valence-corrected chi connectivity index (χ1v) is 6.58. The van der Waals surface area contributed by atoms with E-state index < -0.39 is 0 Å². The topological polar surface area (TPSA) is 38.8 Å². The third-order valence-electron chi connectivity index (χ3n) is 3.67. The summed E-state index contributed by atoms with van der Waals surface area (Å²) in [6.45, 7) is 1.97. The summed E-state index contributed by atoms with van der Waals surface area (Å²) in [6, 6.07) is 7.86. The van der Waals surface area contributed by atoms with Crippen LogP contribution in [0.4, 0.5) is 5.69 Å². The Kier molecular flexibility index (Phi) is 4.43. The molecule has 1 atom stereocenters. The van der Waals surface area contributed by atoms with E-state index in [1.165, 1.54) is 0 Å². The highest BCUT2D eigenvalue weighted by molar-refractivity contribution is 5.62. The summed E-state index contributed by atoms with van der Waals surface area (Å²) in [5, 5.41) is 0. The van der Waals surface area contributed by atoms with Crippen molar-refractivity contribution in [3.05, 3.63) is 24.3 Å². The Morgan fingerprint density at radius 2 is 2.16 bits per heavy atom. The van der Waals surface area contributed by atoms with E-state index in [1.807, 2.05) is 31.3 Å². The van der Waals surface area contributed by atoms with Crippen molar-refractivity contribution in [2.45, 2.75) is 12.8 Å². The molecule has 4 nitrogen and oxygen atoms in total. The van der Waals surface area contributed by atoms with Gasteiger partial charge in [0.25, 0.3) is 0 Å². The Labute approximate surface area is 114 Å². The Morgan fingerprint density at radius 1 is 1.42 bits per heavy atom. The third-order valence-corrected chi connectivity index (χ3v) is 3.67. The van der Waals surface area contributed by atoms with E-state index in [-0.39, 0.29) is 5.41 Å². The van der Waals surface area contributed by atoms with Gasteiger partial charge in [0.1, 0.15) is 12.0 Å². The molecule has 1 aromatic carbocycles. The predicted octanol–water partition coefficient (Wildman–Crippen LogP) is 2.13. The summed E-state index contributed by atoms with van der Waals surface area (Å²) in [7, 11) is 3.65. The number of hydrogen-bond donors (Lipinski definition) is 0. The normalized spacial score (nSPS) is 22.8. The Bertz CT molecular complexity index is 410. The standard InChI is InChI=1S/C15H21NO3/c1-16(13-4-6-14(18-2)7-5-13)10-15(11-17)8-3-9-19-12-15/h4-7,11H,3,8-10,12H2,1-2H3.